The fourth-order valence-electron chi connectivity index (χ4n) is 3.97. The topological polar surface area (TPSA) is 60.2 Å². The molecule has 0 amide bonds. The number of aliphatic imine (C=N–C) groups is 2. The number of anilines is 1. The summed E-state index contributed by atoms with van der Waals surface area (Å²) in [6.45, 7) is 2.11. The number of rotatable bonds is 2. The molecule has 3 aliphatic rings. The normalized spacial score (nSPS) is 26.8. The monoisotopic (exact) mass is 324 g/mol. The van der Waals surface area contributed by atoms with E-state index in [4.69, 9.17) is 4.99 Å². The molecule has 0 aromatic heterocycles. The van der Waals surface area contributed by atoms with Crippen molar-refractivity contribution in [3.63, 3.8) is 0 Å². The molecule has 1 aliphatic carbocycles. The lowest BCUT2D eigenvalue weighted by atomic mass is 9.91. The Labute approximate surface area is 142 Å². The second-order valence-corrected chi connectivity index (χ2v) is 6.90. The van der Waals surface area contributed by atoms with Gasteiger partial charge in [0.05, 0.1) is 0 Å². The number of phenols is 1. The molecule has 0 saturated heterocycles. The van der Waals surface area contributed by atoms with Crippen LogP contribution in [0.15, 0.2) is 46.5 Å². The molecule has 1 aromatic carbocycles. The van der Waals surface area contributed by atoms with Crippen molar-refractivity contribution in [1.29, 1.82) is 0 Å². The number of guanidine groups is 1. The van der Waals surface area contributed by atoms with Crippen LogP contribution < -0.4 is 5.32 Å². The first-order chi connectivity index (χ1) is 11.7. The zero-order valence-electron chi connectivity index (χ0n) is 14.0. The SMILES string of the molecule is CC1=NC(Nc2ccc(O)cc2)=NC2C1CC=CN2C1CCCC1. The second kappa shape index (κ2) is 6.30. The van der Waals surface area contributed by atoms with E-state index in [0.29, 0.717) is 17.9 Å². The van der Waals surface area contributed by atoms with Crippen molar-refractivity contribution < 1.29 is 5.11 Å². The van der Waals surface area contributed by atoms with Gasteiger partial charge >= 0.3 is 0 Å². The second-order valence-electron chi connectivity index (χ2n) is 6.90. The van der Waals surface area contributed by atoms with Gasteiger partial charge in [-0.1, -0.05) is 18.9 Å². The Morgan fingerprint density at radius 2 is 1.92 bits per heavy atom. The molecular weight excluding hydrogens is 300 g/mol. The predicted octanol–water partition coefficient (Wildman–Crippen LogP) is 3.74. The highest BCUT2D eigenvalue weighted by molar-refractivity contribution is 6.05. The molecular formula is C19H24N4O. The van der Waals surface area contributed by atoms with Crippen molar-refractivity contribution in [3.8, 4) is 5.75 Å². The third kappa shape index (κ3) is 2.90. The Morgan fingerprint density at radius 3 is 2.67 bits per heavy atom. The van der Waals surface area contributed by atoms with Crippen molar-refractivity contribution in [1.82, 2.24) is 4.90 Å². The van der Waals surface area contributed by atoms with E-state index in [9.17, 15) is 5.11 Å². The van der Waals surface area contributed by atoms with Crippen LogP contribution in [0.2, 0.25) is 0 Å². The van der Waals surface area contributed by atoms with E-state index in [1.807, 2.05) is 12.1 Å². The van der Waals surface area contributed by atoms with Crippen LogP contribution in [0.25, 0.3) is 0 Å². The van der Waals surface area contributed by atoms with Crippen LogP contribution in [-0.4, -0.2) is 33.9 Å². The molecule has 0 bridgehead atoms. The lowest BCUT2D eigenvalue weighted by Crippen LogP contribution is -2.48. The molecule has 2 unspecified atom stereocenters. The van der Waals surface area contributed by atoms with E-state index in [1.54, 1.807) is 12.1 Å². The average Bonchev–Trinajstić information content (AvgIpc) is 3.11. The first-order valence-electron chi connectivity index (χ1n) is 8.84. The third-order valence-electron chi connectivity index (χ3n) is 5.28. The minimum Gasteiger partial charge on any atom is -0.508 e. The van der Waals surface area contributed by atoms with Crippen LogP contribution in [-0.2, 0) is 0 Å². The number of allylic oxidation sites excluding steroid dienone is 1. The number of hydrogen-bond donors (Lipinski definition) is 2. The van der Waals surface area contributed by atoms with Crippen molar-refractivity contribution in [2.45, 2.75) is 51.2 Å². The summed E-state index contributed by atoms with van der Waals surface area (Å²) in [4.78, 5) is 12.1. The summed E-state index contributed by atoms with van der Waals surface area (Å²) < 4.78 is 0. The molecule has 1 aromatic rings. The van der Waals surface area contributed by atoms with E-state index >= 15 is 0 Å². The van der Waals surface area contributed by atoms with Crippen molar-refractivity contribution in [3.05, 3.63) is 36.5 Å². The van der Waals surface area contributed by atoms with E-state index in [2.05, 4.69) is 34.4 Å². The number of nitrogens with zero attached hydrogens (tertiary/aromatic N) is 3. The molecule has 2 N–H and O–H groups in total. The van der Waals surface area contributed by atoms with Gasteiger partial charge in [0.2, 0.25) is 5.96 Å². The van der Waals surface area contributed by atoms with Gasteiger partial charge in [-0.25, -0.2) is 9.98 Å². The minimum absolute atomic E-state index is 0.148. The van der Waals surface area contributed by atoms with Crippen LogP contribution in [0.4, 0.5) is 5.69 Å². The summed E-state index contributed by atoms with van der Waals surface area (Å²) in [7, 11) is 0. The van der Waals surface area contributed by atoms with Gasteiger partial charge in [-0.05, 0) is 56.7 Å². The molecule has 1 saturated carbocycles. The van der Waals surface area contributed by atoms with Crippen LogP contribution in [0, 0.1) is 5.92 Å². The highest BCUT2D eigenvalue weighted by atomic mass is 16.3. The zero-order valence-corrected chi connectivity index (χ0v) is 14.0. The van der Waals surface area contributed by atoms with Crippen molar-refractivity contribution in [2.75, 3.05) is 5.32 Å². The maximum absolute atomic E-state index is 9.42. The fourth-order valence-corrected chi connectivity index (χ4v) is 3.97. The lowest BCUT2D eigenvalue weighted by molar-refractivity contribution is 0.167. The van der Waals surface area contributed by atoms with Gasteiger partial charge in [0.25, 0.3) is 0 Å². The first kappa shape index (κ1) is 15.2. The third-order valence-corrected chi connectivity index (χ3v) is 5.28. The number of nitrogens with one attached hydrogen (secondary N) is 1. The molecule has 126 valence electrons. The number of aromatic hydroxyl groups is 1. The zero-order chi connectivity index (χ0) is 16.5. The van der Waals surface area contributed by atoms with Crippen LogP contribution in [0.1, 0.15) is 39.0 Å². The van der Waals surface area contributed by atoms with Gasteiger partial charge < -0.3 is 15.3 Å². The summed E-state index contributed by atoms with van der Waals surface area (Å²) in [5.74, 6) is 1.30. The van der Waals surface area contributed by atoms with Crippen molar-refractivity contribution >= 4 is 17.4 Å². The number of benzene rings is 1. The van der Waals surface area contributed by atoms with Crippen LogP contribution in [0.5, 0.6) is 5.75 Å². The molecule has 1 fully saturated rings. The van der Waals surface area contributed by atoms with Gasteiger partial charge in [-0.15, -0.1) is 0 Å². The number of phenolic OH excluding ortho intramolecular Hbond substituents is 1. The molecule has 24 heavy (non-hydrogen) atoms. The van der Waals surface area contributed by atoms with E-state index in [-0.39, 0.29) is 11.9 Å². The quantitative estimate of drug-likeness (QED) is 0.815. The standard InChI is InChI=1S/C19H24N4O/c1-13-17-7-4-12-23(15-5-2-3-6-15)18(17)22-19(20-13)21-14-8-10-16(24)11-9-14/h4,8-12,15,17-18,24H,2-3,5-7H2,1H3,(H,21,22). The molecule has 5 nitrogen and oxygen atoms in total. The molecule has 5 heteroatoms. The van der Waals surface area contributed by atoms with Gasteiger partial charge in [0.1, 0.15) is 11.9 Å². The van der Waals surface area contributed by atoms with Crippen molar-refractivity contribution in [2.24, 2.45) is 15.9 Å². The number of hydrogen-bond acceptors (Lipinski definition) is 5. The fraction of sp³-hybridized carbons (Fsp3) is 0.474. The Morgan fingerprint density at radius 1 is 1.17 bits per heavy atom. The summed E-state index contributed by atoms with van der Waals surface area (Å²) in [6, 6.07) is 7.62. The summed E-state index contributed by atoms with van der Waals surface area (Å²) in [5.41, 5.74) is 2.03. The molecule has 0 spiro atoms. The van der Waals surface area contributed by atoms with Gasteiger partial charge in [0.15, 0.2) is 0 Å². The summed E-state index contributed by atoms with van der Waals surface area (Å²) in [6.07, 6.45) is 10.8. The lowest BCUT2D eigenvalue weighted by Gasteiger charge is -2.42. The van der Waals surface area contributed by atoms with Gasteiger partial charge in [-0.3, -0.25) is 0 Å². The summed E-state index contributed by atoms with van der Waals surface area (Å²) >= 11 is 0. The highest BCUT2D eigenvalue weighted by Crippen LogP contribution is 2.34. The van der Waals surface area contributed by atoms with Gasteiger partial charge in [0, 0.05) is 23.4 Å². The van der Waals surface area contributed by atoms with E-state index < -0.39 is 0 Å². The van der Waals surface area contributed by atoms with E-state index in [0.717, 1.165) is 17.8 Å². The molecule has 2 aliphatic heterocycles. The largest absolute Gasteiger partial charge is 0.508 e. The highest BCUT2D eigenvalue weighted by Gasteiger charge is 2.37. The molecule has 0 radical (unpaired) electrons. The minimum atomic E-state index is 0.148. The molecule has 4 rings (SSSR count). The van der Waals surface area contributed by atoms with E-state index in [1.165, 1.54) is 25.7 Å². The number of fused-ring (bicyclic) bond motifs is 1. The average molecular weight is 324 g/mol. The predicted molar refractivity (Wildman–Crippen MR) is 97.4 cm³/mol. The van der Waals surface area contributed by atoms with Crippen LogP contribution in [0.3, 0.4) is 0 Å². The smallest absolute Gasteiger partial charge is 0.224 e. The first-order valence-corrected chi connectivity index (χ1v) is 8.84. The van der Waals surface area contributed by atoms with Gasteiger partial charge in [-0.2, -0.15) is 0 Å². The Hall–Kier alpha value is -2.30. The maximum atomic E-state index is 9.42. The molecule has 2 atom stereocenters. The van der Waals surface area contributed by atoms with Crippen LogP contribution >= 0.6 is 0 Å². The Balaban J connectivity index is 1.59. The molecule has 2 heterocycles. The summed E-state index contributed by atoms with van der Waals surface area (Å²) in [5, 5.41) is 12.7. The Kier molecular flexibility index (Phi) is 4.00. The maximum Gasteiger partial charge on any atom is 0.224 e. The Bertz CT molecular complexity index is 686.